The van der Waals surface area contributed by atoms with Crippen molar-refractivity contribution in [2.75, 3.05) is 39.6 Å². The molecule has 1 aliphatic heterocycles. The number of amides is 2. The molecule has 35 heavy (non-hydrogen) atoms. The van der Waals surface area contributed by atoms with E-state index in [1.54, 1.807) is 12.4 Å². The van der Waals surface area contributed by atoms with Crippen molar-refractivity contribution >= 4 is 27.7 Å². The monoisotopic (exact) mass is 511 g/mol. The maximum atomic E-state index is 13.1. The maximum Gasteiger partial charge on any atom is 0.255 e. The third-order valence-electron chi connectivity index (χ3n) is 7.15. The van der Waals surface area contributed by atoms with Crippen LogP contribution in [0.4, 0.5) is 0 Å². The first-order valence-electron chi connectivity index (χ1n) is 11.8. The zero-order chi connectivity index (χ0) is 26.1. The minimum atomic E-state index is -3.94. The van der Waals surface area contributed by atoms with Gasteiger partial charge in [0.2, 0.25) is 0 Å². The number of ether oxygens (including phenoxy) is 1. The van der Waals surface area contributed by atoms with Gasteiger partial charge >= 0.3 is 0 Å². The van der Waals surface area contributed by atoms with Crippen LogP contribution in [0.2, 0.25) is 0 Å². The Kier molecular flexibility index (Phi) is 10.4. The summed E-state index contributed by atoms with van der Waals surface area (Å²) >= 11 is 0. The van der Waals surface area contributed by atoms with Crippen molar-refractivity contribution < 1.29 is 32.4 Å². The number of sulfone groups is 1. The summed E-state index contributed by atoms with van der Waals surface area (Å²) in [5, 5.41) is 9.60. The molecular weight excluding hydrogens is 472 g/mol. The summed E-state index contributed by atoms with van der Waals surface area (Å²) in [5.74, 6) is 3.22. The molecule has 196 valence electrons. The van der Waals surface area contributed by atoms with Crippen LogP contribution < -0.4 is 16.7 Å². The molecule has 0 aromatic heterocycles. The average Bonchev–Trinajstić information content (AvgIpc) is 2.84. The Balaban J connectivity index is 2.58. The SMILES string of the molecule is CCCC(C[C@H]([C@H](C/C=C/c1ccccc1)C(=O)NO)[N+]1(C)CCOCC1)(C(=O)NN)S(C)(=O)=O. The topological polar surface area (TPSA) is 148 Å². The largest absolute Gasteiger partial charge is 0.370 e. The maximum absolute atomic E-state index is 13.1. The molecule has 1 unspecified atom stereocenters. The van der Waals surface area contributed by atoms with E-state index in [2.05, 4.69) is 5.43 Å². The molecule has 0 radical (unpaired) electrons. The molecule has 0 spiro atoms. The summed E-state index contributed by atoms with van der Waals surface area (Å²) in [5.41, 5.74) is 4.76. The number of carbonyl (C=O) groups is 2. The van der Waals surface area contributed by atoms with Crippen LogP contribution in [0.25, 0.3) is 6.08 Å². The summed E-state index contributed by atoms with van der Waals surface area (Å²) < 4.78 is 30.3. The first-order chi connectivity index (χ1) is 16.5. The summed E-state index contributed by atoms with van der Waals surface area (Å²) in [7, 11) is -2.00. The van der Waals surface area contributed by atoms with Gasteiger partial charge < -0.3 is 9.22 Å². The van der Waals surface area contributed by atoms with Gasteiger partial charge in [-0.25, -0.2) is 19.7 Å². The lowest BCUT2D eigenvalue weighted by molar-refractivity contribution is -0.943. The number of quaternary nitrogens is 1. The van der Waals surface area contributed by atoms with Crippen LogP contribution in [0.15, 0.2) is 36.4 Å². The zero-order valence-corrected chi connectivity index (χ0v) is 21.6. The Morgan fingerprint density at radius 2 is 1.89 bits per heavy atom. The lowest BCUT2D eigenvalue weighted by Crippen LogP contribution is -2.66. The average molecular weight is 512 g/mol. The number of hydrazine groups is 1. The molecule has 11 heteroatoms. The lowest BCUT2D eigenvalue weighted by Gasteiger charge is -2.48. The van der Waals surface area contributed by atoms with E-state index in [1.165, 1.54) is 0 Å². The van der Waals surface area contributed by atoms with Crippen molar-refractivity contribution in [3.05, 3.63) is 42.0 Å². The third-order valence-corrected chi connectivity index (χ3v) is 9.13. The van der Waals surface area contributed by atoms with Crippen molar-refractivity contribution in [2.45, 2.75) is 43.4 Å². The van der Waals surface area contributed by atoms with Crippen molar-refractivity contribution in [2.24, 2.45) is 11.8 Å². The highest BCUT2D eigenvalue weighted by atomic mass is 32.2. The summed E-state index contributed by atoms with van der Waals surface area (Å²) in [6.07, 6.45) is 5.31. The molecule has 0 aliphatic carbocycles. The Bertz CT molecular complexity index is 979. The van der Waals surface area contributed by atoms with Gasteiger partial charge in [0.1, 0.15) is 19.1 Å². The molecule has 1 fully saturated rings. The summed E-state index contributed by atoms with van der Waals surface area (Å²) in [6.45, 7) is 3.72. The van der Waals surface area contributed by atoms with E-state index in [4.69, 9.17) is 10.6 Å². The normalized spacial score (nSPS) is 19.5. The van der Waals surface area contributed by atoms with Gasteiger partial charge in [-0.05, 0) is 18.4 Å². The van der Waals surface area contributed by atoms with Gasteiger partial charge in [-0.15, -0.1) is 0 Å². The second-order valence-corrected chi connectivity index (χ2v) is 11.8. The highest BCUT2D eigenvalue weighted by Gasteiger charge is 2.55. The fourth-order valence-corrected chi connectivity index (χ4v) is 6.46. The van der Waals surface area contributed by atoms with Gasteiger partial charge in [0, 0.05) is 12.7 Å². The van der Waals surface area contributed by atoms with Crippen molar-refractivity contribution in [3.63, 3.8) is 0 Å². The van der Waals surface area contributed by atoms with Crippen LogP contribution in [0.1, 0.15) is 38.2 Å². The number of nitrogens with zero attached hydrogens (tertiary/aromatic N) is 1. The quantitative estimate of drug-likeness (QED) is 0.108. The minimum Gasteiger partial charge on any atom is -0.370 e. The molecule has 10 nitrogen and oxygen atoms in total. The van der Waals surface area contributed by atoms with E-state index in [0.29, 0.717) is 37.2 Å². The van der Waals surface area contributed by atoms with Crippen molar-refractivity contribution in [3.8, 4) is 0 Å². The molecule has 3 atom stereocenters. The van der Waals surface area contributed by atoms with Crippen molar-refractivity contribution in [1.29, 1.82) is 0 Å². The Hall–Kier alpha value is -2.31. The summed E-state index contributed by atoms with van der Waals surface area (Å²) in [6, 6.07) is 8.93. The number of allylic oxidation sites excluding steroid dienone is 1. The van der Waals surface area contributed by atoms with Gasteiger partial charge in [-0.3, -0.25) is 20.2 Å². The molecule has 1 aromatic rings. The third kappa shape index (κ3) is 6.89. The molecule has 5 N–H and O–H groups in total. The first-order valence-corrected chi connectivity index (χ1v) is 13.7. The molecule has 2 amide bonds. The highest BCUT2D eigenvalue weighted by Crippen LogP contribution is 2.37. The minimum absolute atomic E-state index is 0.0508. The predicted octanol–water partition coefficient (Wildman–Crippen LogP) is 1.02. The van der Waals surface area contributed by atoms with E-state index in [-0.39, 0.29) is 19.3 Å². The highest BCUT2D eigenvalue weighted by molar-refractivity contribution is 7.92. The van der Waals surface area contributed by atoms with E-state index in [9.17, 15) is 23.2 Å². The number of hydroxylamine groups is 1. The van der Waals surface area contributed by atoms with Gasteiger partial charge in [-0.2, -0.15) is 0 Å². The Morgan fingerprint density at radius 1 is 1.26 bits per heavy atom. The number of rotatable bonds is 12. The van der Waals surface area contributed by atoms with Gasteiger partial charge in [-0.1, -0.05) is 55.8 Å². The molecule has 0 bridgehead atoms. The molecular formula is C24H39N4O6S+. The molecule has 2 rings (SSSR count). The van der Waals surface area contributed by atoms with Crippen LogP contribution in [-0.4, -0.2) is 80.3 Å². The van der Waals surface area contributed by atoms with Crippen LogP contribution in [0.5, 0.6) is 0 Å². The number of carbonyl (C=O) groups excluding carboxylic acids is 2. The lowest BCUT2D eigenvalue weighted by atomic mass is 9.82. The van der Waals surface area contributed by atoms with E-state index in [1.807, 2.05) is 49.5 Å². The first kappa shape index (κ1) is 28.9. The number of hydrogen-bond acceptors (Lipinski definition) is 7. The van der Waals surface area contributed by atoms with Gasteiger partial charge in [0.05, 0.1) is 26.2 Å². The Morgan fingerprint density at radius 3 is 2.40 bits per heavy atom. The van der Waals surface area contributed by atoms with Gasteiger partial charge in [0.15, 0.2) is 14.6 Å². The predicted molar refractivity (Wildman–Crippen MR) is 133 cm³/mol. The van der Waals surface area contributed by atoms with Crippen LogP contribution >= 0.6 is 0 Å². The number of benzene rings is 1. The number of likely N-dealkylation sites (N-methyl/N-ethyl adjacent to an activating group) is 1. The number of morpholine rings is 1. The molecule has 1 aliphatic rings. The number of nitrogens with two attached hydrogens (primary N) is 1. The molecule has 1 aromatic carbocycles. The van der Waals surface area contributed by atoms with E-state index in [0.717, 1.165) is 11.8 Å². The fourth-order valence-electron chi connectivity index (χ4n) is 5.01. The van der Waals surface area contributed by atoms with Crippen LogP contribution in [0.3, 0.4) is 0 Å². The second-order valence-electron chi connectivity index (χ2n) is 9.43. The molecule has 1 saturated heterocycles. The molecule has 0 saturated carbocycles. The van der Waals surface area contributed by atoms with E-state index < -0.39 is 38.4 Å². The standard InChI is InChI=1S/C24H38N4O6S/c1-4-13-24(23(30)26-25,35(3,32)33)18-21(28(2)14-16-34-17-15-28)20(22(29)27-31)12-8-11-19-9-6-5-7-10-19/h5-11,20-21H,4,12-18,25H2,1-3H3,(H2-,26,27,29,30,31)/p+1/b11-8+/t20-,21+,24?/m0/s1. The summed E-state index contributed by atoms with van der Waals surface area (Å²) in [4.78, 5) is 26.0. The fraction of sp³-hybridized carbons (Fsp3) is 0.583. The van der Waals surface area contributed by atoms with Crippen molar-refractivity contribution in [1.82, 2.24) is 10.9 Å². The van der Waals surface area contributed by atoms with Crippen LogP contribution in [0, 0.1) is 5.92 Å². The van der Waals surface area contributed by atoms with Crippen LogP contribution in [-0.2, 0) is 24.2 Å². The molecule has 1 heterocycles. The van der Waals surface area contributed by atoms with Gasteiger partial charge in [0.25, 0.3) is 11.8 Å². The number of hydrogen-bond donors (Lipinski definition) is 4. The van der Waals surface area contributed by atoms with E-state index >= 15 is 0 Å². The number of nitrogens with one attached hydrogen (secondary N) is 2. The zero-order valence-electron chi connectivity index (χ0n) is 20.8. The smallest absolute Gasteiger partial charge is 0.255 e. The Labute approximate surface area is 207 Å². The second kappa shape index (κ2) is 12.6.